The maximum atomic E-state index is 13.2. The molecule has 0 aliphatic heterocycles. The maximum Gasteiger partial charge on any atom is 0.331 e. The molecule has 2 aliphatic carbocycles. The predicted molar refractivity (Wildman–Crippen MR) is 140 cm³/mol. The standard InChI is InChI=1S/C23H24Cl6O8/c1-9(11(3)17(30)31)5-7-36-19(34)13-14(20(35)37-8-6-10(2)12(4)18(32)33)22(27)16(25)15(24)21(13,26)23(22,28)29/h13-14H,5-8H2,1-4H3,(H,30,31)(H,32,33). The number of fused-ring (bicyclic) bond motifs is 2. The van der Waals surface area contributed by atoms with Crippen molar-refractivity contribution >= 4 is 93.5 Å². The van der Waals surface area contributed by atoms with Gasteiger partial charge in [-0.15, -0.1) is 23.2 Å². The lowest BCUT2D eigenvalue weighted by atomic mass is 9.81. The Hall–Kier alpha value is -1.16. The van der Waals surface area contributed by atoms with Crippen molar-refractivity contribution in [3.8, 4) is 0 Å². The highest BCUT2D eigenvalue weighted by Crippen LogP contribution is 2.76. The van der Waals surface area contributed by atoms with Gasteiger partial charge in [-0.2, -0.15) is 0 Å². The third-order valence-electron chi connectivity index (χ3n) is 6.81. The second-order valence-electron chi connectivity index (χ2n) is 8.84. The van der Waals surface area contributed by atoms with Crippen molar-refractivity contribution in [3.05, 3.63) is 32.4 Å². The minimum absolute atomic E-state index is 0.0821. The first-order valence-corrected chi connectivity index (χ1v) is 13.1. The van der Waals surface area contributed by atoms with Gasteiger partial charge in [0.05, 0.1) is 35.1 Å². The fourth-order valence-corrected chi connectivity index (χ4v) is 7.03. The number of hydrogen-bond acceptors (Lipinski definition) is 6. The van der Waals surface area contributed by atoms with E-state index in [0.29, 0.717) is 11.1 Å². The smallest absolute Gasteiger partial charge is 0.331 e. The van der Waals surface area contributed by atoms with Crippen LogP contribution in [0.1, 0.15) is 40.5 Å². The molecule has 2 N–H and O–H groups in total. The number of aliphatic carboxylic acids is 2. The number of alkyl halides is 4. The molecule has 0 aromatic carbocycles. The molecule has 206 valence electrons. The van der Waals surface area contributed by atoms with Gasteiger partial charge >= 0.3 is 23.9 Å². The fourth-order valence-electron chi connectivity index (χ4n) is 4.11. The molecule has 37 heavy (non-hydrogen) atoms. The van der Waals surface area contributed by atoms with E-state index in [9.17, 15) is 19.2 Å². The number of esters is 2. The van der Waals surface area contributed by atoms with Crippen molar-refractivity contribution in [1.82, 2.24) is 0 Å². The summed E-state index contributed by atoms with van der Waals surface area (Å²) in [6.07, 6.45) is 0.164. The van der Waals surface area contributed by atoms with Gasteiger partial charge in [-0.05, 0) is 27.7 Å². The SMILES string of the molecule is CC(CCOC(=O)C1C(C(=O)OCCC(C)=C(C)C(=O)O)C2(Cl)C(Cl)=C(Cl)C1(Cl)C2(Cl)Cl)=C(C)C(=O)O. The molecule has 0 spiro atoms. The molecule has 0 heterocycles. The number of carbonyl (C=O) groups is 4. The zero-order chi connectivity index (χ0) is 28.7. The van der Waals surface area contributed by atoms with Crippen molar-refractivity contribution in [3.63, 3.8) is 0 Å². The molecule has 2 bridgehead atoms. The minimum atomic E-state index is -2.24. The molecule has 2 rings (SSSR count). The summed E-state index contributed by atoms with van der Waals surface area (Å²) in [4.78, 5) is 44.5. The largest absolute Gasteiger partial charge is 0.478 e. The molecule has 4 atom stereocenters. The van der Waals surface area contributed by atoms with Crippen LogP contribution in [0.4, 0.5) is 0 Å². The first kappa shape index (κ1) is 32.1. The fraction of sp³-hybridized carbons (Fsp3) is 0.565. The van der Waals surface area contributed by atoms with Gasteiger partial charge in [0, 0.05) is 24.0 Å². The van der Waals surface area contributed by atoms with Crippen LogP contribution in [-0.4, -0.2) is 61.4 Å². The maximum absolute atomic E-state index is 13.2. The molecule has 1 fully saturated rings. The number of allylic oxidation sites excluding steroid dienone is 2. The molecule has 0 radical (unpaired) electrons. The summed E-state index contributed by atoms with van der Waals surface area (Å²) in [6.45, 7) is 5.45. The summed E-state index contributed by atoms with van der Waals surface area (Å²) in [5.41, 5.74) is 1.10. The first-order valence-electron chi connectivity index (χ1n) is 10.8. The molecule has 2 aliphatic rings. The van der Waals surface area contributed by atoms with E-state index >= 15 is 0 Å². The average Bonchev–Trinajstić information content (AvgIpc) is 3.02. The summed E-state index contributed by atoms with van der Waals surface area (Å²) in [6, 6.07) is 0. The summed E-state index contributed by atoms with van der Waals surface area (Å²) >= 11 is 39.2. The Morgan fingerprint density at radius 3 is 1.27 bits per heavy atom. The van der Waals surface area contributed by atoms with E-state index in [1.807, 2.05) is 0 Å². The van der Waals surface area contributed by atoms with Crippen molar-refractivity contribution in [2.24, 2.45) is 11.8 Å². The van der Waals surface area contributed by atoms with Crippen molar-refractivity contribution < 1.29 is 38.9 Å². The van der Waals surface area contributed by atoms with Crippen LogP contribution >= 0.6 is 69.6 Å². The van der Waals surface area contributed by atoms with Crippen LogP contribution in [0.2, 0.25) is 0 Å². The lowest BCUT2D eigenvalue weighted by Crippen LogP contribution is -2.46. The molecule has 0 aromatic rings. The number of carboxylic acids is 2. The molecular weight excluding hydrogens is 617 g/mol. The number of carboxylic acid groups (broad SMARTS) is 2. The second-order valence-corrected chi connectivity index (χ2v) is 12.1. The molecule has 4 unspecified atom stereocenters. The Morgan fingerprint density at radius 2 is 1.00 bits per heavy atom. The van der Waals surface area contributed by atoms with Gasteiger partial charge in [-0.3, -0.25) is 9.59 Å². The normalized spacial score (nSPS) is 29.5. The summed E-state index contributed by atoms with van der Waals surface area (Å²) < 4.78 is 8.39. The van der Waals surface area contributed by atoms with Crippen molar-refractivity contribution in [2.75, 3.05) is 13.2 Å². The summed E-state index contributed by atoms with van der Waals surface area (Å²) in [7, 11) is 0. The molecule has 14 heteroatoms. The Balaban J connectivity index is 2.36. The van der Waals surface area contributed by atoms with Crippen LogP contribution in [0.15, 0.2) is 32.4 Å². The van der Waals surface area contributed by atoms with E-state index in [1.54, 1.807) is 13.8 Å². The van der Waals surface area contributed by atoms with Gasteiger partial charge in [0.1, 0.15) is 9.75 Å². The van der Waals surface area contributed by atoms with Gasteiger partial charge in [0.25, 0.3) is 0 Å². The third kappa shape index (κ3) is 5.22. The van der Waals surface area contributed by atoms with Crippen molar-refractivity contribution in [1.29, 1.82) is 0 Å². The van der Waals surface area contributed by atoms with Crippen LogP contribution in [0.5, 0.6) is 0 Å². The second kappa shape index (κ2) is 11.5. The van der Waals surface area contributed by atoms with Gasteiger partial charge in [0.15, 0.2) is 4.33 Å². The Kier molecular flexibility index (Phi) is 9.98. The molecule has 8 nitrogen and oxygen atoms in total. The number of rotatable bonds is 10. The lowest BCUT2D eigenvalue weighted by Gasteiger charge is -2.33. The van der Waals surface area contributed by atoms with Crippen LogP contribution in [0.3, 0.4) is 0 Å². The molecule has 0 amide bonds. The van der Waals surface area contributed by atoms with Gasteiger partial charge in [-0.1, -0.05) is 57.5 Å². The van der Waals surface area contributed by atoms with Gasteiger partial charge < -0.3 is 19.7 Å². The Morgan fingerprint density at radius 1 is 0.703 bits per heavy atom. The lowest BCUT2D eigenvalue weighted by molar-refractivity contribution is -0.160. The van der Waals surface area contributed by atoms with E-state index < -0.39 is 49.8 Å². The third-order valence-corrected chi connectivity index (χ3v) is 11.1. The number of hydrogen-bond donors (Lipinski definition) is 2. The molecular formula is C23H24Cl6O8. The van der Waals surface area contributed by atoms with Gasteiger partial charge in [-0.25, -0.2) is 9.59 Å². The van der Waals surface area contributed by atoms with E-state index in [-0.39, 0.29) is 47.3 Å². The van der Waals surface area contributed by atoms with Crippen LogP contribution < -0.4 is 0 Å². The zero-order valence-corrected chi connectivity index (χ0v) is 24.6. The molecule has 0 saturated heterocycles. The summed E-state index contributed by atoms with van der Waals surface area (Å²) in [5.74, 6) is -7.52. The predicted octanol–water partition coefficient (Wildman–Crippen LogP) is 5.77. The van der Waals surface area contributed by atoms with Crippen molar-refractivity contribution in [2.45, 2.75) is 54.6 Å². The zero-order valence-electron chi connectivity index (χ0n) is 20.1. The average molecular weight is 641 g/mol. The highest BCUT2D eigenvalue weighted by molar-refractivity contribution is 6.66. The molecule has 1 saturated carbocycles. The van der Waals surface area contributed by atoms with E-state index in [2.05, 4.69) is 0 Å². The van der Waals surface area contributed by atoms with Gasteiger partial charge in [0.2, 0.25) is 0 Å². The topological polar surface area (TPSA) is 127 Å². The number of halogens is 6. The van der Waals surface area contributed by atoms with Crippen LogP contribution in [0.25, 0.3) is 0 Å². The Bertz CT molecular complexity index is 1040. The minimum Gasteiger partial charge on any atom is -0.478 e. The quantitative estimate of drug-likeness (QED) is 0.175. The van der Waals surface area contributed by atoms with E-state index in [4.69, 9.17) is 89.3 Å². The van der Waals surface area contributed by atoms with E-state index in [1.165, 1.54) is 13.8 Å². The van der Waals surface area contributed by atoms with Crippen LogP contribution in [-0.2, 0) is 28.7 Å². The highest BCUT2D eigenvalue weighted by atomic mass is 35.5. The van der Waals surface area contributed by atoms with Crippen LogP contribution in [0, 0.1) is 11.8 Å². The molecule has 0 aromatic heterocycles. The Labute approximate surface area is 243 Å². The number of ether oxygens (including phenoxy) is 2. The highest BCUT2D eigenvalue weighted by Gasteiger charge is 2.86. The first-order chi connectivity index (χ1) is 16.9. The monoisotopic (exact) mass is 638 g/mol. The summed E-state index contributed by atoms with van der Waals surface area (Å²) in [5, 5.41) is 17.5. The van der Waals surface area contributed by atoms with E-state index in [0.717, 1.165) is 0 Å². The number of carbonyl (C=O) groups excluding carboxylic acids is 2.